The van der Waals surface area contributed by atoms with E-state index < -0.39 is 0 Å². The van der Waals surface area contributed by atoms with E-state index >= 15 is 0 Å². The van der Waals surface area contributed by atoms with Gasteiger partial charge in [-0.3, -0.25) is 19.4 Å². The molecular formula is C30H44N4O3. The number of piperidine rings is 1. The molecule has 1 saturated heterocycles. The largest absolute Gasteiger partial charge is 0.379 e. The van der Waals surface area contributed by atoms with Crippen LogP contribution in [0.15, 0.2) is 36.4 Å². The van der Waals surface area contributed by atoms with E-state index in [1.165, 1.54) is 0 Å². The van der Waals surface area contributed by atoms with Gasteiger partial charge in [0, 0.05) is 24.5 Å². The zero-order chi connectivity index (χ0) is 26.8. The van der Waals surface area contributed by atoms with Crippen LogP contribution < -0.4 is 10.6 Å². The van der Waals surface area contributed by atoms with Crippen LogP contribution in [-0.2, 0) is 14.3 Å². The molecule has 7 nitrogen and oxygen atoms in total. The summed E-state index contributed by atoms with van der Waals surface area (Å²) in [5.41, 5.74) is 6.13. The van der Waals surface area contributed by atoms with E-state index in [1.807, 2.05) is 64.1 Å². The van der Waals surface area contributed by atoms with E-state index in [1.54, 1.807) is 0 Å². The lowest BCUT2D eigenvalue weighted by Crippen LogP contribution is -2.48. The van der Waals surface area contributed by atoms with Gasteiger partial charge in [0.15, 0.2) is 0 Å². The number of aryl methyl sites for hydroxylation is 4. The van der Waals surface area contributed by atoms with Crippen LogP contribution >= 0.6 is 0 Å². The van der Waals surface area contributed by atoms with Gasteiger partial charge in [-0.2, -0.15) is 0 Å². The number of ether oxygens (including phenoxy) is 1. The minimum Gasteiger partial charge on any atom is -0.379 e. The normalized spacial score (nSPS) is 16.1. The van der Waals surface area contributed by atoms with Crippen molar-refractivity contribution >= 4 is 23.2 Å². The summed E-state index contributed by atoms with van der Waals surface area (Å²) in [6.07, 6.45) is 3.04. The highest BCUT2D eigenvalue weighted by molar-refractivity contribution is 5.96. The van der Waals surface area contributed by atoms with Crippen LogP contribution in [0.2, 0.25) is 0 Å². The Morgan fingerprint density at radius 2 is 1.51 bits per heavy atom. The number of amides is 2. The highest BCUT2D eigenvalue weighted by atomic mass is 16.5. The molecule has 2 aromatic carbocycles. The van der Waals surface area contributed by atoms with Crippen molar-refractivity contribution in [3.05, 3.63) is 58.7 Å². The quantitative estimate of drug-likeness (QED) is 0.407. The summed E-state index contributed by atoms with van der Waals surface area (Å²) < 4.78 is 5.94. The van der Waals surface area contributed by atoms with Crippen LogP contribution in [0.25, 0.3) is 0 Å². The molecule has 1 aliphatic rings. The van der Waals surface area contributed by atoms with Crippen LogP contribution in [0.1, 0.15) is 48.4 Å². The Hall–Kier alpha value is -2.74. The van der Waals surface area contributed by atoms with E-state index in [2.05, 4.69) is 27.4 Å². The lowest BCUT2D eigenvalue weighted by molar-refractivity contribution is -0.122. The van der Waals surface area contributed by atoms with Crippen molar-refractivity contribution in [3.8, 4) is 0 Å². The third kappa shape index (κ3) is 8.38. The zero-order valence-electron chi connectivity index (χ0n) is 23.2. The standard InChI is InChI=1S/C30H44N4O3/c1-6-33(21-27(35)31-28-22(2)11-9-12-23(28)3)17-19-37-20-18-34-16-8-7-15-26(34)30(36)32-29-24(4)13-10-14-25(29)5/h9-14,26H,6-8,15-21H2,1-5H3,(H,31,35)(H,32,36). The topological polar surface area (TPSA) is 73.9 Å². The smallest absolute Gasteiger partial charge is 0.241 e. The number of para-hydroxylation sites is 2. The van der Waals surface area contributed by atoms with E-state index in [4.69, 9.17) is 4.74 Å². The third-order valence-corrected chi connectivity index (χ3v) is 7.28. The van der Waals surface area contributed by atoms with Gasteiger partial charge in [0.25, 0.3) is 0 Å². The molecular weight excluding hydrogens is 464 g/mol. The molecule has 0 saturated carbocycles. The maximum absolute atomic E-state index is 13.1. The lowest BCUT2D eigenvalue weighted by atomic mass is 10.0. The number of rotatable bonds is 12. The minimum atomic E-state index is -0.128. The molecule has 1 fully saturated rings. The molecule has 7 heteroatoms. The van der Waals surface area contributed by atoms with Crippen molar-refractivity contribution in [3.63, 3.8) is 0 Å². The van der Waals surface area contributed by atoms with Gasteiger partial charge in [0.1, 0.15) is 0 Å². The van der Waals surface area contributed by atoms with Gasteiger partial charge in [0.2, 0.25) is 11.8 Å². The van der Waals surface area contributed by atoms with E-state index in [0.29, 0.717) is 26.3 Å². The second-order valence-corrected chi connectivity index (χ2v) is 10.1. The Balaban J connectivity index is 1.42. The van der Waals surface area contributed by atoms with Gasteiger partial charge in [-0.1, -0.05) is 49.7 Å². The number of nitrogens with one attached hydrogen (secondary N) is 2. The monoisotopic (exact) mass is 508 g/mol. The van der Waals surface area contributed by atoms with Crippen LogP contribution in [-0.4, -0.2) is 73.6 Å². The Morgan fingerprint density at radius 3 is 2.11 bits per heavy atom. The van der Waals surface area contributed by atoms with Crippen molar-refractivity contribution in [2.45, 2.75) is 59.9 Å². The Labute approximate surface area is 222 Å². The number of carbonyl (C=O) groups excluding carboxylic acids is 2. The summed E-state index contributed by atoms with van der Waals surface area (Å²) in [6, 6.07) is 12.0. The van der Waals surface area contributed by atoms with Crippen molar-refractivity contribution < 1.29 is 14.3 Å². The molecule has 0 radical (unpaired) electrons. The second-order valence-electron chi connectivity index (χ2n) is 10.1. The first-order valence-corrected chi connectivity index (χ1v) is 13.6. The van der Waals surface area contributed by atoms with Gasteiger partial charge in [-0.15, -0.1) is 0 Å². The summed E-state index contributed by atoms with van der Waals surface area (Å²) in [6.45, 7) is 14.7. The van der Waals surface area contributed by atoms with Gasteiger partial charge >= 0.3 is 0 Å². The predicted molar refractivity (Wildman–Crippen MR) is 151 cm³/mol. The van der Waals surface area contributed by atoms with E-state index in [-0.39, 0.29) is 17.9 Å². The molecule has 2 amide bonds. The average molecular weight is 509 g/mol. The molecule has 1 atom stereocenters. The zero-order valence-corrected chi connectivity index (χ0v) is 23.2. The highest BCUT2D eigenvalue weighted by Crippen LogP contribution is 2.23. The summed E-state index contributed by atoms with van der Waals surface area (Å²) in [5, 5.41) is 6.24. The number of likely N-dealkylation sites (N-methyl/N-ethyl adjacent to an activating group) is 1. The minimum absolute atomic E-state index is 0.00897. The molecule has 1 aliphatic heterocycles. The van der Waals surface area contributed by atoms with Gasteiger partial charge < -0.3 is 15.4 Å². The van der Waals surface area contributed by atoms with Crippen molar-refractivity contribution in [1.29, 1.82) is 0 Å². The summed E-state index contributed by atoms with van der Waals surface area (Å²) in [4.78, 5) is 30.1. The van der Waals surface area contributed by atoms with E-state index in [0.717, 1.165) is 72.5 Å². The number of carbonyl (C=O) groups is 2. The Kier molecular flexibility index (Phi) is 11.1. The molecule has 0 spiro atoms. The molecule has 3 rings (SSSR count). The maximum Gasteiger partial charge on any atom is 0.241 e. The summed E-state index contributed by atoms with van der Waals surface area (Å²) in [5.74, 6) is 0.0643. The van der Waals surface area contributed by atoms with Crippen molar-refractivity contribution in [1.82, 2.24) is 9.80 Å². The molecule has 2 N–H and O–H groups in total. The molecule has 202 valence electrons. The first-order chi connectivity index (χ1) is 17.8. The summed E-state index contributed by atoms with van der Waals surface area (Å²) in [7, 11) is 0. The van der Waals surface area contributed by atoms with Crippen molar-refractivity contribution in [2.75, 3.05) is 56.6 Å². The fourth-order valence-corrected chi connectivity index (χ4v) is 4.99. The Bertz CT molecular complexity index is 1010. The number of likely N-dealkylation sites (tertiary alicyclic amines) is 1. The average Bonchev–Trinajstić information content (AvgIpc) is 2.88. The number of nitrogens with zero attached hydrogens (tertiary/aromatic N) is 2. The van der Waals surface area contributed by atoms with Gasteiger partial charge in [0.05, 0.1) is 25.8 Å². The van der Waals surface area contributed by atoms with Gasteiger partial charge in [-0.05, 0) is 75.9 Å². The SMILES string of the molecule is CCN(CCOCCN1CCCCC1C(=O)Nc1c(C)cccc1C)CC(=O)Nc1c(C)cccc1C. The Morgan fingerprint density at radius 1 is 0.919 bits per heavy atom. The van der Waals surface area contributed by atoms with Crippen LogP contribution in [0, 0.1) is 27.7 Å². The molecule has 1 heterocycles. The molecule has 1 unspecified atom stereocenters. The maximum atomic E-state index is 13.1. The predicted octanol–water partition coefficient (Wildman–Crippen LogP) is 4.69. The lowest BCUT2D eigenvalue weighted by Gasteiger charge is -2.34. The van der Waals surface area contributed by atoms with E-state index in [9.17, 15) is 9.59 Å². The third-order valence-electron chi connectivity index (χ3n) is 7.28. The molecule has 0 aliphatic carbocycles. The second kappa shape index (κ2) is 14.3. The fourth-order valence-electron chi connectivity index (χ4n) is 4.99. The van der Waals surface area contributed by atoms with Gasteiger partial charge in [-0.25, -0.2) is 0 Å². The number of anilines is 2. The first-order valence-electron chi connectivity index (χ1n) is 13.6. The highest BCUT2D eigenvalue weighted by Gasteiger charge is 2.29. The first kappa shape index (κ1) is 28.8. The molecule has 0 bridgehead atoms. The summed E-state index contributed by atoms with van der Waals surface area (Å²) >= 11 is 0. The van der Waals surface area contributed by atoms with Crippen LogP contribution in [0.3, 0.4) is 0 Å². The molecule has 2 aromatic rings. The molecule has 37 heavy (non-hydrogen) atoms. The number of hydrogen-bond donors (Lipinski definition) is 2. The number of benzene rings is 2. The fraction of sp³-hybridized carbons (Fsp3) is 0.533. The van der Waals surface area contributed by atoms with Crippen LogP contribution in [0.5, 0.6) is 0 Å². The van der Waals surface area contributed by atoms with Crippen LogP contribution in [0.4, 0.5) is 11.4 Å². The molecule has 0 aromatic heterocycles. The number of hydrogen-bond acceptors (Lipinski definition) is 5. The van der Waals surface area contributed by atoms with Crippen molar-refractivity contribution in [2.24, 2.45) is 0 Å².